The first-order valence-electron chi connectivity index (χ1n) is 10.4. The highest BCUT2D eigenvalue weighted by atomic mass is 16.5. The maximum absolute atomic E-state index is 14.3. The molecule has 3 aliphatic rings. The largest absolute Gasteiger partial charge is 0.468 e. The van der Waals surface area contributed by atoms with E-state index in [2.05, 4.69) is 0 Å². The second kappa shape index (κ2) is 6.74. The highest BCUT2D eigenvalue weighted by Crippen LogP contribution is 2.68. The maximum Gasteiger partial charge on any atom is 0.325 e. The van der Waals surface area contributed by atoms with E-state index in [9.17, 15) is 14.4 Å². The molecule has 0 heterocycles. The van der Waals surface area contributed by atoms with Crippen LogP contribution in [-0.4, -0.2) is 24.6 Å². The molecule has 154 valence electrons. The number of esters is 1. The molecular weight excluding hydrogens is 388 g/mol. The Labute approximate surface area is 180 Å². The molecule has 3 aliphatic carbocycles. The van der Waals surface area contributed by atoms with E-state index >= 15 is 0 Å². The summed E-state index contributed by atoms with van der Waals surface area (Å²) in [5.41, 5.74) is -0.00210. The molecule has 4 atom stereocenters. The molecule has 0 N–H and O–H groups in total. The molecule has 4 bridgehead atoms. The van der Waals surface area contributed by atoms with Gasteiger partial charge in [0.25, 0.3) is 0 Å². The van der Waals surface area contributed by atoms with Crippen molar-refractivity contribution in [2.45, 2.75) is 6.92 Å². The van der Waals surface area contributed by atoms with Gasteiger partial charge in [-0.05, 0) is 29.2 Å². The van der Waals surface area contributed by atoms with Crippen molar-refractivity contribution in [2.24, 2.45) is 22.7 Å². The minimum absolute atomic E-state index is 0.128. The van der Waals surface area contributed by atoms with Crippen LogP contribution in [-0.2, 0) is 19.1 Å². The monoisotopic (exact) mass is 410 g/mol. The number of hydrogen-bond acceptors (Lipinski definition) is 4. The predicted molar refractivity (Wildman–Crippen MR) is 118 cm³/mol. The summed E-state index contributed by atoms with van der Waals surface area (Å²) in [4.78, 5) is 41.6. The van der Waals surface area contributed by atoms with Crippen LogP contribution in [0.25, 0.3) is 11.1 Å². The lowest BCUT2D eigenvalue weighted by atomic mass is 9.54. The summed E-state index contributed by atoms with van der Waals surface area (Å²) in [5.74, 6) is -2.66. The van der Waals surface area contributed by atoms with Crippen LogP contribution in [0.4, 0.5) is 0 Å². The molecule has 31 heavy (non-hydrogen) atoms. The predicted octanol–water partition coefficient (Wildman–Crippen LogP) is 4.29. The summed E-state index contributed by atoms with van der Waals surface area (Å²) in [6.07, 6.45) is 7.05. The number of rotatable bonds is 3. The molecule has 2 aromatic rings. The van der Waals surface area contributed by atoms with Crippen LogP contribution in [0.5, 0.6) is 0 Å². The van der Waals surface area contributed by atoms with Crippen molar-refractivity contribution in [2.75, 3.05) is 7.11 Å². The van der Waals surface area contributed by atoms with E-state index in [0.29, 0.717) is 5.57 Å². The molecule has 4 nitrogen and oxygen atoms in total. The third-order valence-corrected chi connectivity index (χ3v) is 7.05. The molecule has 0 amide bonds. The number of hydrogen-bond donors (Lipinski definition) is 0. The first-order chi connectivity index (χ1) is 15.0. The highest BCUT2D eigenvalue weighted by Gasteiger charge is 2.74. The maximum atomic E-state index is 14.3. The third kappa shape index (κ3) is 2.27. The van der Waals surface area contributed by atoms with Crippen LogP contribution in [0.15, 0.2) is 85.0 Å². The average Bonchev–Trinajstić information content (AvgIpc) is 2.90. The van der Waals surface area contributed by atoms with Crippen molar-refractivity contribution in [1.29, 1.82) is 0 Å². The van der Waals surface area contributed by atoms with Gasteiger partial charge < -0.3 is 4.74 Å². The lowest BCUT2D eigenvalue weighted by Crippen LogP contribution is -2.58. The summed E-state index contributed by atoms with van der Waals surface area (Å²) in [7, 11) is 1.28. The fourth-order valence-electron chi connectivity index (χ4n) is 5.76. The number of allylic oxidation sites excluding steroid dienone is 5. The Hall–Kier alpha value is -3.53. The standard InChI is InChI=1S/C27H22O4/c1-26-19-15-9-10-16-20(23(19)28)27(24(26)29,25(30)31-2)22(18-13-7-4-8-14-18)21(26)17-11-5-3-6-12-17/h3-16,19-20H,1-2H3/t19-,20+,26+,27+/m1/s1. The van der Waals surface area contributed by atoms with Gasteiger partial charge in [-0.15, -0.1) is 0 Å². The molecule has 0 aromatic heterocycles. The molecule has 1 saturated carbocycles. The fraction of sp³-hybridized carbons (Fsp3) is 0.222. The number of Topliss-reactive ketones (excluding diaryl/α,β-unsaturated/α-hetero) is 2. The van der Waals surface area contributed by atoms with Crippen LogP contribution in [0.3, 0.4) is 0 Å². The lowest BCUT2D eigenvalue weighted by molar-refractivity contribution is -0.165. The van der Waals surface area contributed by atoms with E-state index in [-0.39, 0.29) is 11.6 Å². The molecular formula is C27H22O4. The van der Waals surface area contributed by atoms with Crippen LogP contribution >= 0.6 is 0 Å². The van der Waals surface area contributed by atoms with Crippen LogP contribution < -0.4 is 0 Å². The minimum atomic E-state index is -1.72. The Morgan fingerprint density at radius 3 is 1.87 bits per heavy atom. The number of ketones is 2. The van der Waals surface area contributed by atoms with Gasteiger partial charge in [-0.25, -0.2) is 0 Å². The third-order valence-electron chi connectivity index (χ3n) is 7.05. The zero-order chi connectivity index (χ0) is 21.8. The van der Waals surface area contributed by atoms with Crippen molar-refractivity contribution in [3.8, 4) is 0 Å². The topological polar surface area (TPSA) is 60.4 Å². The van der Waals surface area contributed by atoms with Gasteiger partial charge in [0.15, 0.2) is 11.2 Å². The van der Waals surface area contributed by atoms with E-state index in [0.717, 1.165) is 16.7 Å². The van der Waals surface area contributed by atoms with Gasteiger partial charge >= 0.3 is 5.97 Å². The smallest absolute Gasteiger partial charge is 0.325 e. The van der Waals surface area contributed by atoms with E-state index in [1.165, 1.54) is 7.11 Å². The SMILES string of the molecule is COC(=O)[C@]12C(=O)[C@](C)(C(c3ccccc3)=C1c1ccccc1)[C@@H]1C=CC=C[C@H]2C1=O. The summed E-state index contributed by atoms with van der Waals surface area (Å²) in [6, 6.07) is 19.0. The highest BCUT2D eigenvalue weighted by molar-refractivity contribution is 6.34. The summed E-state index contributed by atoms with van der Waals surface area (Å²) < 4.78 is 5.24. The molecule has 1 fully saturated rings. The first kappa shape index (κ1) is 19.4. The van der Waals surface area contributed by atoms with Crippen LogP contribution in [0, 0.1) is 22.7 Å². The average molecular weight is 410 g/mol. The van der Waals surface area contributed by atoms with Gasteiger partial charge in [-0.3, -0.25) is 14.4 Å². The molecule has 2 aromatic carbocycles. The van der Waals surface area contributed by atoms with Gasteiger partial charge in [0, 0.05) is 0 Å². The molecule has 0 saturated heterocycles. The number of methoxy groups -OCH3 is 1. The normalized spacial score (nSPS) is 31.0. The van der Waals surface area contributed by atoms with Crippen LogP contribution in [0.1, 0.15) is 18.1 Å². The molecule has 0 aliphatic heterocycles. The molecule has 0 spiro atoms. The number of carbonyl (C=O) groups is 3. The van der Waals surface area contributed by atoms with Crippen LogP contribution in [0.2, 0.25) is 0 Å². The number of benzene rings is 2. The summed E-state index contributed by atoms with van der Waals surface area (Å²) in [5, 5.41) is 0. The van der Waals surface area contributed by atoms with E-state index < -0.39 is 28.6 Å². The Kier molecular flexibility index (Phi) is 4.23. The van der Waals surface area contributed by atoms with Gasteiger partial charge in [-0.2, -0.15) is 0 Å². The van der Waals surface area contributed by atoms with Crippen molar-refractivity contribution in [3.63, 3.8) is 0 Å². The first-order valence-corrected chi connectivity index (χ1v) is 10.4. The fourth-order valence-corrected chi connectivity index (χ4v) is 5.76. The molecule has 0 radical (unpaired) electrons. The van der Waals surface area contributed by atoms with Crippen molar-refractivity contribution >= 4 is 28.7 Å². The second-order valence-electron chi connectivity index (χ2n) is 8.44. The zero-order valence-electron chi connectivity index (χ0n) is 17.4. The number of fused-ring (bicyclic) bond motifs is 6. The van der Waals surface area contributed by atoms with Crippen molar-refractivity contribution in [1.82, 2.24) is 0 Å². The van der Waals surface area contributed by atoms with E-state index in [1.54, 1.807) is 31.2 Å². The van der Waals surface area contributed by atoms with Gasteiger partial charge in [0.05, 0.1) is 24.4 Å². The Bertz CT molecular complexity index is 1190. The van der Waals surface area contributed by atoms with Gasteiger partial charge in [0.1, 0.15) is 5.78 Å². The van der Waals surface area contributed by atoms with E-state index in [4.69, 9.17) is 4.74 Å². The van der Waals surface area contributed by atoms with Crippen molar-refractivity contribution < 1.29 is 19.1 Å². The number of ether oxygens (including phenoxy) is 1. The quantitative estimate of drug-likeness (QED) is 0.560. The Morgan fingerprint density at radius 1 is 0.806 bits per heavy atom. The zero-order valence-corrected chi connectivity index (χ0v) is 17.4. The number of carbonyl (C=O) groups excluding carboxylic acids is 3. The van der Waals surface area contributed by atoms with Crippen molar-refractivity contribution in [3.05, 3.63) is 96.1 Å². The molecule has 4 heteroatoms. The Morgan fingerprint density at radius 2 is 1.32 bits per heavy atom. The van der Waals surface area contributed by atoms with Gasteiger partial charge in [0.2, 0.25) is 0 Å². The minimum Gasteiger partial charge on any atom is -0.468 e. The molecule has 0 unspecified atom stereocenters. The molecule has 5 rings (SSSR count). The van der Waals surface area contributed by atoms with E-state index in [1.807, 2.05) is 60.7 Å². The second-order valence-corrected chi connectivity index (χ2v) is 8.44. The summed E-state index contributed by atoms with van der Waals surface area (Å²) in [6.45, 7) is 1.81. The van der Waals surface area contributed by atoms with Gasteiger partial charge in [-0.1, -0.05) is 85.0 Å². The Balaban J connectivity index is 2.00. The summed E-state index contributed by atoms with van der Waals surface area (Å²) >= 11 is 0. The lowest BCUT2D eigenvalue weighted by Gasteiger charge is -2.43.